The minimum absolute atomic E-state index is 0.547. The van der Waals surface area contributed by atoms with Crippen LogP contribution in [0.25, 0.3) is 0 Å². The highest BCUT2D eigenvalue weighted by Crippen LogP contribution is 2.09. The van der Waals surface area contributed by atoms with Crippen molar-refractivity contribution in [2.24, 2.45) is 0 Å². The van der Waals surface area contributed by atoms with E-state index in [4.69, 9.17) is 9.47 Å². The lowest BCUT2D eigenvalue weighted by molar-refractivity contribution is -0.00203. The first-order valence-corrected chi connectivity index (χ1v) is 6.46. The van der Waals surface area contributed by atoms with E-state index in [1.54, 1.807) is 0 Å². The Morgan fingerprint density at radius 2 is 2.43 bits per heavy atom. The zero-order valence-electron chi connectivity index (χ0n) is 8.88. The minimum atomic E-state index is 0.547. The average Bonchev–Trinajstić information content (AvgIpc) is 2.25. The maximum atomic E-state index is 5.43. The van der Waals surface area contributed by atoms with E-state index in [9.17, 15) is 0 Å². The highest BCUT2D eigenvalue weighted by atomic mass is 79.9. The highest BCUT2D eigenvalue weighted by Gasteiger charge is 2.20. The summed E-state index contributed by atoms with van der Waals surface area (Å²) in [5.74, 6) is 0. The maximum absolute atomic E-state index is 5.43. The molecule has 1 fully saturated rings. The zero-order chi connectivity index (χ0) is 10.2. The van der Waals surface area contributed by atoms with Crippen LogP contribution >= 0.6 is 15.9 Å². The summed E-state index contributed by atoms with van der Waals surface area (Å²) in [5.41, 5.74) is 0. The highest BCUT2D eigenvalue weighted by molar-refractivity contribution is 9.09. The first-order chi connectivity index (χ1) is 6.88. The summed E-state index contributed by atoms with van der Waals surface area (Å²) in [4.78, 5) is 2.48. The van der Waals surface area contributed by atoms with Crippen molar-refractivity contribution in [3.63, 3.8) is 0 Å². The molecule has 0 spiro atoms. The topological polar surface area (TPSA) is 21.7 Å². The number of morpholine rings is 1. The van der Waals surface area contributed by atoms with E-state index in [0.717, 1.165) is 51.3 Å². The van der Waals surface area contributed by atoms with Crippen molar-refractivity contribution < 1.29 is 9.47 Å². The third kappa shape index (κ3) is 4.26. The summed E-state index contributed by atoms with van der Waals surface area (Å²) in [6, 6.07) is 0.547. The lowest BCUT2D eigenvalue weighted by atomic mass is 10.2. The lowest BCUT2D eigenvalue weighted by Gasteiger charge is -2.34. The van der Waals surface area contributed by atoms with Gasteiger partial charge in [0.15, 0.2) is 0 Å². The van der Waals surface area contributed by atoms with Gasteiger partial charge in [0, 0.05) is 37.7 Å². The fourth-order valence-electron chi connectivity index (χ4n) is 1.64. The summed E-state index contributed by atoms with van der Waals surface area (Å²) in [7, 11) is 0. The fourth-order valence-corrected chi connectivity index (χ4v) is 2.24. The van der Waals surface area contributed by atoms with Crippen LogP contribution in [0.5, 0.6) is 0 Å². The van der Waals surface area contributed by atoms with Crippen molar-refractivity contribution in [1.82, 2.24) is 4.90 Å². The normalized spacial score (nSPS) is 24.0. The number of rotatable bonds is 6. The summed E-state index contributed by atoms with van der Waals surface area (Å²) in [5, 5.41) is 1.00. The fraction of sp³-hybridized carbons (Fsp3) is 1.00. The van der Waals surface area contributed by atoms with Crippen LogP contribution in [0.1, 0.15) is 13.3 Å². The quantitative estimate of drug-likeness (QED) is 0.537. The molecule has 0 N–H and O–H groups in total. The van der Waals surface area contributed by atoms with Crippen LogP contribution in [-0.4, -0.2) is 55.8 Å². The minimum Gasteiger partial charge on any atom is -0.382 e. The van der Waals surface area contributed by atoms with Crippen molar-refractivity contribution in [2.75, 3.05) is 44.8 Å². The monoisotopic (exact) mass is 265 g/mol. The molecule has 0 saturated carbocycles. The van der Waals surface area contributed by atoms with Gasteiger partial charge in [0.1, 0.15) is 0 Å². The third-order valence-electron chi connectivity index (χ3n) is 2.47. The molecule has 0 aromatic heterocycles. The second kappa shape index (κ2) is 7.63. The van der Waals surface area contributed by atoms with Crippen molar-refractivity contribution >= 4 is 15.9 Å². The zero-order valence-corrected chi connectivity index (χ0v) is 10.5. The Morgan fingerprint density at radius 1 is 1.57 bits per heavy atom. The van der Waals surface area contributed by atoms with Crippen LogP contribution in [-0.2, 0) is 9.47 Å². The summed E-state index contributed by atoms with van der Waals surface area (Å²) >= 11 is 3.52. The van der Waals surface area contributed by atoms with Gasteiger partial charge in [-0.15, -0.1) is 0 Å². The van der Waals surface area contributed by atoms with Crippen LogP contribution in [0.4, 0.5) is 0 Å². The van der Waals surface area contributed by atoms with Crippen LogP contribution < -0.4 is 0 Å². The first kappa shape index (κ1) is 12.4. The summed E-state index contributed by atoms with van der Waals surface area (Å²) in [6.07, 6.45) is 1.12. The molecule has 1 unspecified atom stereocenters. The van der Waals surface area contributed by atoms with Gasteiger partial charge in [-0.1, -0.05) is 15.9 Å². The van der Waals surface area contributed by atoms with Gasteiger partial charge in [0.05, 0.1) is 13.2 Å². The molecule has 0 amide bonds. The second-order valence-corrected chi connectivity index (χ2v) is 4.12. The molecule has 0 bridgehead atoms. The molecule has 1 heterocycles. The van der Waals surface area contributed by atoms with E-state index in [-0.39, 0.29) is 0 Å². The van der Waals surface area contributed by atoms with Crippen molar-refractivity contribution in [3.8, 4) is 0 Å². The van der Waals surface area contributed by atoms with Gasteiger partial charge >= 0.3 is 0 Å². The SMILES string of the molecule is CCOCCCN1CCOCC1CBr. The third-order valence-corrected chi connectivity index (χ3v) is 3.21. The Morgan fingerprint density at radius 3 is 3.14 bits per heavy atom. The average molecular weight is 266 g/mol. The Hall–Kier alpha value is 0.360. The number of alkyl halides is 1. The molecule has 14 heavy (non-hydrogen) atoms. The van der Waals surface area contributed by atoms with Crippen LogP contribution in [0.2, 0.25) is 0 Å². The smallest absolute Gasteiger partial charge is 0.0630 e. The molecule has 0 radical (unpaired) electrons. The van der Waals surface area contributed by atoms with E-state index in [1.807, 2.05) is 6.92 Å². The molecule has 1 saturated heterocycles. The van der Waals surface area contributed by atoms with Crippen molar-refractivity contribution in [2.45, 2.75) is 19.4 Å². The Labute approximate surface area is 94.9 Å². The number of halogens is 1. The van der Waals surface area contributed by atoms with Crippen LogP contribution in [0.3, 0.4) is 0 Å². The first-order valence-electron chi connectivity index (χ1n) is 5.34. The number of hydrogen-bond acceptors (Lipinski definition) is 3. The second-order valence-electron chi connectivity index (χ2n) is 3.47. The molecule has 4 heteroatoms. The van der Waals surface area contributed by atoms with Gasteiger partial charge in [0.25, 0.3) is 0 Å². The molecular weight excluding hydrogens is 246 g/mol. The lowest BCUT2D eigenvalue weighted by Crippen LogP contribution is -2.46. The Kier molecular flexibility index (Phi) is 6.77. The molecule has 0 aromatic carbocycles. The van der Waals surface area contributed by atoms with Gasteiger partial charge in [0.2, 0.25) is 0 Å². The summed E-state index contributed by atoms with van der Waals surface area (Å²) < 4.78 is 10.8. The maximum Gasteiger partial charge on any atom is 0.0630 e. The van der Waals surface area contributed by atoms with Crippen LogP contribution in [0.15, 0.2) is 0 Å². The molecule has 1 atom stereocenters. The van der Waals surface area contributed by atoms with E-state index in [0.29, 0.717) is 6.04 Å². The van der Waals surface area contributed by atoms with Gasteiger partial charge in [-0.2, -0.15) is 0 Å². The van der Waals surface area contributed by atoms with Gasteiger partial charge in [-0.3, -0.25) is 4.90 Å². The van der Waals surface area contributed by atoms with E-state index in [2.05, 4.69) is 20.8 Å². The largest absolute Gasteiger partial charge is 0.382 e. The van der Waals surface area contributed by atoms with Crippen LogP contribution in [0, 0.1) is 0 Å². The molecule has 0 aliphatic carbocycles. The summed E-state index contributed by atoms with van der Waals surface area (Å²) in [6.45, 7) is 7.66. The Balaban J connectivity index is 2.13. The molecule has 1 aliphatic rings. The molecule has 84 valence electrons. The molecule has 3 nitrogen and oxygen atoms in total. The standard InChI is InChI=1S/C10H20BrNO2/c1-2-13-6-3-4-12-5-7-14-9-10(12)8-11/h10H,2-9H2,1H3. The van der Waals surface area contributed by atoms with E-state index < -0.39 is 0 Å². The molecule has 1 rings (SSSR count). The molecular formula is C10H20BrNO2. The van der Waals surface area contributed by atoms with E-state index >= 15 is 0 Å². The number of hydrogen-bond donors (Lipinski definition) is 0. The number of ether oxygens (including phenoxy) is 2. The van der Waals surface area contributed by atoms with E-state index in [1.165, 1.54) is 0 Å². The van der Waals surface area contributed by atoms with Crippen molar-refractivity contribution in [1.29, 1.82) is 0 Å². The van der Waals surface area contributed by atoms with Gasteiger partial charge in [-0.05, 0) is 13.3 Å². The van der Waals surface area contributed by atoms with Crippen molar-refractivity contribution in [3.05, 3.63) is 0 Å². The predicted octanol–water partition coefficient (Wildman–Crippen LogP) is 1.51. The number of nitrogens with zero attached hydrogens (tertiary/aromatic N) is 1. The molecule has 0 aromatic rings. The predicted molar refractivity (Wildman–Crippen MR) is 61.1 cm³/mol. The van der Waals surface area contributed by atoms with Gasteiger partial charge in [-0.25, -0.2) is 0 Å². The molecule has 1 aliphatic heterocycles. The van der Waals surface area contributed by atoms with Gasteiger partial charge < -0.3 is 9.47 Å². The Bertz CT molecular complexity index is 146.